The molecule has 0 spiro atoms. The lowest BCUT2D eigenvalue weighted by molar-refractivity contribution is -0.118. The number of nitrogens with two attached hydrogens (primary N) is 1. The Balaban J connectivity index is 2.54. The Kier molecular flexibility index (Phi) is 3.63. The fourth-order valence-electron chi connectivity index (χ4n) is 1.50. The van der Waals surface area contributed by atoms with E-state index in [0.717, 1.165) is 24.2 Å². The summed E-state index contributed by atoms with van der Waals surface area (Å²) in [7, 11) is 0. The number of rotatable bonds is 4. The molecule has 0 radical (unpaired) electrons. The number of carbonyl (C=O) groups excluding carboxylic acids is 1. The summed E-state index contributed by atoms with van der Waals surface area (Å²) >= 11 is 0. The molecule has 0 unspecified atom stereocenters. The van der Waals surface area contributed by atoms with Crippen molar-refractivity contribution in [3.05, 3.63) is 29.1 Å². The second kappa shape index (κ2) is 4.74. The summed E-state index contributed by atoms with van der Waals surface area (Å²) < 4.78 is 0. The first-order chi connectivity index (χ1) is 6.58. The minimum absolute atomic E-state index is 0.241. The average molecular weight is 192 g/mol. The third kappa shape index (κ3) is 3.56. The summed E-state index contributed by atoms with van der Waals surface area (Å²) in [5.41, 5.74) is 8.34. The van der Waals surface area contributed by atoms with Crippen LogP contribution in [0, 0.1) is 13.8 Å². The van der Waals surface area contributed by atoms with E-state index < -0.39 is 0 Å². The lowest BCUT2D eigenvalue weighted by atomic mass is 10.1. The van der Waals surface area contributed by atoms with Gasteiger partial charge in [-0.15, -0.1) is 0 Å². The van der Waals surface area contributed by atoms with Gasteiger partial charge in [-0.3, -0.25) is 9.78 Å². The minimum atomic E-state index is -0.241. The van der Waals surface area contributed by atoms with Gasteiger partial charge in [0, 0.05) is 17.8 Å². The van der Waals surface area contributed by atoms with Crippen LogP contribution in [0.4, 0.5) is 0 Å². The van der Waals surface area contributed by atoms with Crippen molar-refractivity contribution in [2.75, 3.05) is 0 Å². The van der Waals surface area contributed by atoms with E-state index in [0.29, 0.717) is 6.42 Å². The van der Waals surface area contributed by atoms with Crippen molar-refractivity contribution in [3.63, 3.8) is 0 Å². The first-order valence-corrected chi connectivity index (χ1v) is 4.80. The van der Waals surface area contributed by atoms with Crippen LogP contribution in [-0.4, -0.2) is 10.9 Å². The standard InChI is InChI=1S/C11H16N2O/c1-8-6-9(2)13-10(7-8)4-3-5-11(12)14/h6-7H,3-5H2,1-2H3,(H2,12,14). The molecule has 14 heavy (non-hydrogen) atoms. The normalized spacial score (nSPS) is 10.1. The average Bonchev–Trinajstić information content (AvgIpc) is 2.01. The molecule has 0 aromatic carbocycles. The molecule has 1 amide bonds. The number of aromatic nitrogens is 1. The lowest BCUT2D eigenvalue weighted by Gasteiger charge is -2.02. The largest absolute Gasteiger partial charge is 0.370 e. The van der Waals surface area contributed by atoms with Gasteiger partial charge in [-0.2, -0.15) is 0 Å². The van der Waals surface area contributed by atoms with Crippen LogP contribution < -0.4 is 5.73 Å². The van der Waals surface area contributed by atoms with Crippen LogP contribution >= 0.6 is 0 Å². The Morgan fingerprint density at radius 2 is 2.14 bits per heavy atom. The molecule has 1 aromatic rings. The first-order valence-electron chi connectivity index (χ1n) is 4.80. The first kappa shape index (κ1) is 10.7. The smallest absolute Gasteiger partial charge is 0.217 e. The Morgan fingerprint density at radius 1 is 1.43 bits per heavy atom. The highest BCUT2D eigenvalue weighted by Crippen LogP contribution is 2.07. The molecule has 0 bridgehead atoms. The number of hydrogen-bond acceptors (Lipinski definition) is 2. The van der Waals surface area contributed by atoms with Gasteiger partial charge < -0.3 is 5.73 Å². The molecule has 0 fully saturated rings. The number of hydrogen-bond donors (Lipinski definition) is 1. The molecular weight excluding hydrogens is 176 g/mol. The topological polar surface area (TPSA) is 56.0 Å². The quantitative estimate of drug-likeness (QED) is 0.786. The summed E-state index contributed by atoms with van der Waals surface area (Å²) in [6.45, 7) is 4.02. The summed E-state index contributed by atoms with van der Waals surface area (Å²) in [6, 6.07) is 4.09. The minimum Gasteiger partial charge on any atom is -0.370 e. The van der Waals surface area contributed by atoms with Gasteiger partial charge in [0.1, 0.15) is 0 Å². The van der Waals surface area contributed by atoms with E-state index in [1.54, 1.807) is 0 Å². The van der Waals surface area contributed by atoms with Crippen molar-refractivity contribution in [2.24, 2.45) is 5.73 Å². The van der Waals surface area contributed by atoms with Crippen LogP contribution in [0.5, 0.6) is 0 Å². The van der Waals surface area contributed by atoms with Gasteiger partial charge in [-0.25, -0.2) is 0 Å². The van der Waals surface area contributed by atoms with Crippen molar-refractivity contribution >= 4 is 5.91 Å². The lowest BCUT2D eigenvalue weighted by Crippen LogP contribution is -2.10. The monoisotopic (exact) mass is 192 g/mol. The van der Waals surface area contributed by atoms with E-state index in [-0.39, 0.29) is 5.91 Å². The third-order valence-electron chi connectivity index (χ3n) is 2.01. The van der Waals surface area contributed by atoms with Crippen molar-refractivity contribution in [2.45, 2.75) is 33.1 Å². The molecule has 3 heteroatoms. The van der Waals surface area contributed by atoms with Gasteiger partial charge in [-0.05, 0) is 44.4 Å². The fourth-order valence-corrected chi connectivity index (χ4v) is 1.50. The van der Waals surface area contributed by atoms with Crippen LogP contribution in [-0.2, 0) is 11.2 Å². The van der Waals surface area contributed by atoms with Crippen LogP contribution in [0.3, 0.4) is 0 Å². The van der Waals surface area contributed by atoms with Crippen molar-refractivity contribution < 1.29 is 4.79 Å². The number of nitrogens with zero attached hydrogens (tertiary/aromatic N) is 1. The second-order valence-corrected chi connectivity index (χ2v) is 3.60. The van der Waals surface area contributed by atoms with Gasteiger partial charge in [-0.1, -0.05) is 0 Å². The Bertz CT molecular complexity index is 314. The SMILES string of the molecule is Cc1cc(C)nc(CCCC(N)=O)c1. The molecule has 1 heterocycles. The molecule has 0 atom stereocenters. The van der Waals surface area contributed by atoms with E-state index in [9.17, 15) is 4.79 Å². The van der Waals surface area contributed by atoms with Crippen LogP contribution in [0.25, 0.3) is 0 Å². The van der Waals surface area contributed by atoms with E-state index >= 15 is 0 Å². The fraction of sp³-hybridized carbons (Fsp3) is 0.455. The van der Waals surface area contributed by atoms with Crippen molar-refractivity contribution in [3.8, 4) is 0 Å². The maximum Gasteiger partial charge on any atom is 0.217 e. The van der Waals surface area contributed by atoms with Gasteiger partial charge in [0.2, 0.25) is 5.91 Å². The Hall–Kier alpha value is -1.38. The van der Waals surface area contributed by atoms with Gasteiger partial charge in [0.05, 0.1) is 0 Å². The Morgan fingerprint density at radius 3 is 2.71 bits per heavy atom. The molecule has 0 saturated heterocycles. The number of amides is 1. The van der Waals surface area contributed by atoms with Gasteiger partial charge in [0.25, 0.3) is 0 Å². The summed E-state index contributed by atoms with van der Waals surface area (Å²) in [4.78, 5) is 14.9. The van der Waals surface area contributed by atoms with Crippen LogP contribution in [0.15, 0.2) is 12.1 Å². The zero-order chi connectivity index (χ0) is 10.6. The number of carbonyl (C=O) groups is 1. The number of aryl methyl sites for hydroxylation is 3. The molecule has 0 aliphatic heterocycles. The highest BCUT2D eigenvalue weighted by molar-refractivity contribution is 5.73. The molecule has 0 aliphatic rings. The third-order valence-corrected chi connectivity index (χ3v) is 2.01. The maximum absolute atomic E-state index is 10.5. The second-order valence-electron chi connectivity index (χ2n) is 3.60. The van der Waals surface area contributed by atoms with E-state index in [2.05, 4.69) is 4.98 Å². The zero-order valence-electron chi connectivity index (χ0n) is 8.71. The van der Waals surface area contributed by atoms with E-state index in [1.807, 2.05) is 26.0 Å². The summed E-state index contributed by atoms with van der Waals surface area (Å²) in [6.07, 6.45) is 2.05. The molecular formula is C11H16N2O. The van der Waals surface area contributed by atoms with Crippen LogP contribution in [0.1, 0.15) is 29.8 Å². The predicted molar refractivity (Wildman–Crippen MR) is 55.8 cm³/mol. The molecule has 0 saturated carbocycles. The molecule has 76 valence electrons. The predicted octanol–water partition coefficient (Wildman–Crippen LogP) is 1.51. The van der Waals surface area contributed by atoms with Crippen molar-refractivity contribution in [1.29, 1.82) is 0 Å². The highest BCUT2D eigenvalue weighted by atomic mass is 16.1. The zero-order valence-corrected chi connectivity index (χ0v) is 8.71. The van der Waals surface area contributed by atoms with Crippen molar-refractivity contribution in [1.82, 2.24) is 4.98 Å². The van der Waals surface area contributed by atoms with E-state index in [1.165, 1.54) is 5.56 Å². The summed E-state index contributed by atoms with van der Waals surface area (Å²) in [5, 5.41) is 0. The highest BCUT2D eigenvalue weighted by Gasteiger charge is 1.99. The van der Waals surface area contributed by atoms with Crippen LogP contribution in [0.2, 0.25) is 0 Å². The summed E-state index contributed by atoms with van der Waals surface area (Å²) in [5.74, 6) is -0.241. The molecule has 1 aromatic heterocycles. The van der Waals surface area contributed by atoms with E-state index in [4.69, 9.17) is 5.73 Å². The molecule has 2 N–H and O–H groups in total. The number of primary amides is 1. The van der Waals surface area contributed by atoms with Gasteiger partial charge in [0.15, 0.2) is 0 Å². The van der Waals surface area contributed by atoms with Gasteiger partial charge >= 0.3 is 0 Å². The number of pyridine rings is 1. The Labute approximate surface area is 84.3 Å². The maximum atomic E-state index is 10.5. The molecule has 1 rings (SSSR count). The molecule has 0 aliphatic carbocycles. The molecule has 3 nitrogen and oxygen atoms in total.